The van der Waals surface area contributed by atoms with Gasteiger partial charge in [-0.1, -0.05) is 63.1 Å². The average molecular weight is 1130 g/mol. The number of esters is 12. The van der Waals surface area contributed by atoms with Crippen LogP contribution in [0.4, 0.5) is 0 Å². The maximum Gasteiger partial charge on any atom is 0.339 e. The molecule has 0 aromatic heterocycles. The zero-order valence-corrected chi connectivity index (χ0v) is 45.7. The van der Waals surface area contributed by atoms with Gasteiger partial charge in [0, 0.05) is 37.5 Å². The Morgan fingerprint density at radius 3 is 0.728 bits per heavy atom. The van der Waals surface area contributed by atoms with Crippen LogP contribution in [0, 0.1) is 5.41 Å². The van der Waals surface area contributed by atoms with Crippen molar-refractivity contribution in [2.45, 2.75) is 73.2 Å². The van der Waals surface area contributed by atoms with Crippen LogP contribution in [0.5, 0.6) is 0 Å². The van der Waals surface area contributed by atoms with Crippen LogP contribution in [-0.4, -0.2) is 149 Å². The number of ether oxygens (including phenoxy) is 12. The van der Waals surface area contributed by atoms with Crippen LogP contribution in [0.3, 0.4) is 0 Å². The molecule has 0 amide bonds. The number of rotatable bonds is 31. The summed E-state index contributed by atoms with van der Waals surface area (Å²) in [5.41, 5.74) is -3.50. The average Bonchev–Trinajstić information content (AvgIpc) is 3.48. The van der Waals surface area contributed by atoms with E-state index in [1.165, 1.54) is 93.6 Å². The second-order valence-electron chi connectivity index (χ2n) is 17.8. The molecule has 0 spiro atoms. The molecular weight excluding hydrogens is 1070 g/mol. The summed E-state index contributed by atoms with van der Waals surface area (Å²) in [6, 6.07) is 15.8. The minimum absolute atomic E-state index is 0.0507. The molecular formula is C57H62O24. The molecule has 24 nitrogen and oxygen atoms in total. The van der Waals surface area contributed by atoms with Gasteiger partial charge in [-0.25, -0.2) is 43.2 Å². The molecule has 0 heterocycles. The van der Waals surface area contributed by atoms with Crippen molar-refractivity contribution >= 4 is 71.6 Å². The maximum atomic E-state index is 14.0. The third-order valence-corrected chi connectivity index (χ3v) is 10.8. The fourth-order valence-corrected chi connectivity index (χ4v) is 6.50. The molecule has 24 heteroatoms. The first-order chi connectivity index (χ1) is 38.3. The maximum absolute atomic E-state index is 14.0. The van der Waals surface area contributed by atoms with E-state index in [-0.39, 0.29) is 56.5 Å². The lowest BCUT2D eigenvalue weighted by atomic mass is 9.87. The van der Waals surface area contributed by atoms with Crippen LogP contribution < -0.4 is 0 Å². The Morgan fingerprint density at radius 2 is 0.543 bits per heavy atom. The number of benzene rings is 3. The van der Waals surface area contributed by atoms with Gasteiger partial charge in [0.1, 0.15) is 59.5 Å². The number of carbonyl (C=O) groups excluding carboxylic acids is 12. The van der Waals surface area contributed by atoms with Crippen LogP contribution in [0.15, 0.2) is 109 Å². The van der Waals surface area contributed by atoms with E-state index in [1.54, 1.807) is 6.92 Å². The predicted octanol–water partition coefficient (Wildman–Crippen LogP) is 5.58. The molecule has 0 aliphatic rings. The van der Waals surface area contributed by atoms with Gasteiger partial charge in [0.25, 0.3) is 0 Å². The molecule has 3 rings (SSSR count). The van der Waals surface area contributed by atoms with Gasteiger partial charge in [-0.3, -0.25) is 14.4 Å². The van der Waals surface area contributed by atoms with Crippen LogP contribution >= 0.6 is 0 Å². The van der Waals surface area contributed by atoms with Gasteiger partial charge in [0.2, 0.25) is 0 Å². The SMILES string of the molecule is C=C(C)C(=O)OCC(COC(=O)c1ccccc1C(=O)OCC(CC)(COC(=O)c1ccccc1C(=O)OCC(COC(=O)C(=C)C)OC(C)=O)COC(=O)c1ccccc1C(=O)OCC(COC(=O)C(=C)C)OC(C)=O)OC(C)=O. The second-order valence-corrected chi connectivity index (χ2v) is 17.8. The molecule has 0 saturated carbocycles. The minimum Gasteiger partial charge on any atom is -0.461 e. The van der Waals surface area contributed by atoms with Gasteiger partial charge >= 0.3 is 71.6 Å². The van der Waals surface area contributed by atoms with E-state index < -0.39 is 155 Å². The van der Waals surface area contributed by atoms with E-state index in [2.05, 4.69) is 19.7 Å². The number of hydrogen-bond acceptors (Lipinski definition) is 24. The summed E-state index contributed by atoms with van der Waals surface area (Å²) in [6.45, 7) is 13.9. The molecule has 3 aromatic rings. The lowest BCUT2D eigenvalue weighted by molar-refractivity contribution is -0.157. The van der Waals surface area contributed by atoms with Gasteiger partial charge in [0.05, 0.1) is 38.8 Å². The van der Waals surface area contributed by atoms with Gasteiger partial charge < -0.3 is 56.8 Å². The summed E-state index contributed by atoms with van der Waals surface area (Å²) in [6.07, 6.45) is -3.86. The van der Waals surface area contributed by atoms with Crippen LogP contribution in [0.25, 0.3) is 0 Å². The van der Waals surface area contributed by atoms with Crippen molar-refractivity contribution in [1.82, 2.24) is 0 Å². The molecule has 0 aliphatic heterocycles. The van der Waals surface area contributed by atoms with E-state index in [0.29, 0.717) is 0 Å². The number of hydrogen-bond donors (Lipinski definition) is 0. The number of carbonyl (C=O) groups is 12. The highest BCUT2D eigenvalue weighted by Crippen LogP contribution is 2.28. The Bertz CT molecular complexity index is 2580. The van der Waals surface area contributed by atoms with Crippen molar-refractivity contribution < 1.29 is 114 Å². The molecule has 0 saturated heterocycles. The molecule has 3 aromatic carbocycles. The van der Waals surface area contributed by atoms with E-state index in [9.17, 15) is 57.5 Å². The topological polar surface area (TPSA) is 316 Å². The van der Waals surface area contributed by atoms with Crippen molar-refractivity contribution in [3.05, 3.63) is 143 Å². The van der Waals surface area contributed by atoms with Gasteiger partial charge in [-0.2, -0.15) is 0 Å². The summed E-state index contributed by atoms with van der Waals surface area (Å²) < 4.78 is 63.8. The third kappa shape index (κ3) is 22.1. The van der Waals surface area contributed by atoms with Crippen LogP contribution in [-0.2, 0) is 85.6 Å². The van der Waals surface area contributed by atoms with Crippen molar-refractivity contribution in [3.8, 4) is 0 Å². The van der Waals surface area contributed by atoms with Crippen LogP contribution in [0.2, 0.25) is 0 Å². The fraction of sp³-hybridized carbons (Fsp3) is 0.368. The summed E-state index contributed by atoms with van der Waals surface area (Å²) in [7, 11) is 0. The molecule has 0 bridgehead atoms. The molecule has 0 fully saturated rings. The van der Waals surface area contributed by atoms with E-state index >= 15 is 0 Å². The molecule has 81 heavy (non-hydrogen) atoms. The van der Waals surface area contributed by atoms with Crippen molar-refractivity contribution in [3.63, 3.8) is 0 Å². The highest BCUT2D eigenvalue weighted by atomic mass is 16.6. The highest BCUT2D eigenvalue weighted by molar-refractivity contribution is 6.05. The van der Waals surface area contributed by atoms with Gasteiger partial charge in [-0.05, 0) is 63.6 Å². The Morgan fingerprint density at radius 1 is 0.346 bits per heavy atom. The summed E-state index contributed by atoms with van der Waals surface area (Å²) >= 11 is 0. The zero-order chi connectivity index (χ0) is 60.4. The summed E-state index contributed by atoms with van der Waals surface area (Å²) in [5.74, 6) is -11.4. The Hall–Kier alpha value is -9.48. The molecule has 0 N–H and O–H groups in total. The standard InChI is InChI=1S/C57H62O24/c1-11-57(30-76-54(67)45-21-15-12-18-42(45)51(64)73-27-39(79-36(8)58)24-70-48(61)33(2)3,31-77-55(68)46-22-16-13-19-43(46)52(65)74-28-40(80-37(9)59)25-71-49(62)34(4)5)32-78-56(69)47-23-17-14-20-44(47)53(66)75-29-41(81-38(10)60)26-72-50(63)35(6)7/h12-23,39-41H,2,4,6,11,24-32H2,1,3,5,7-10H3. The summed E-state index contributed by atoms with van der Waals surface area (Å²) in [5, 5.41) is 0. The quantitative estimate of drug-likeness (QED) is 0.0431. The predicted molar refractivity (Wildman–Crippen MR) is 278 cm³/mol. The molecule has 3 atom stereocenters. The van der Waals surface area contributed by atoms with Gasteiger partial charge in [-0.15, -0.1) is 0 Å². The van der Waals surface area contributed by atoms with E-state index in [4.69, 9.17) is 56.8 Å². The van der Waals surface area contributed by atoms with Gasteiger partial charge in [0.15, 0.2) is 18.3 Å². The third-order valence-electron chi connectivity index (χ3n) is 10.8. The molecule has 434 valence electrons. The molecule has 3 unspecified atom stereocenters. The first kappa shape index (κ1) is 65.8. The second kappa shape index (κ2) is 32.4. The Kier molecular flexibility index (Phi) is 26.3. The zero-order valence-electron chi connectivity index (χ0n) is 45.7. The van der Waals surface area contributed by atoms with Crippen LogP contribution in [0.1, 0.15) is 117 Å². The Labute approximate surface area is 465 Å². The first-order valence-corrected chi connectivity index (χ1v) is 24.6. The highest BCUT2D eigenvalue weighted by Gasteiger charge is 2.37. The van der Waals surface area contributed by atoms with Crippen molar-refractivity contribution in [1.29, 1.82) is 0 Å². The van der Waals surface area contributed by atoms with E-state index in [1.807, 2.05) is 0 Å². The monoisotopic (exact) mass is 1130 g/mol. The molecule has 0 aliphatic carbocycles. The first-order valence-electron chi connectivity index (χ1n) is 24.6. The summed E-state index contributed by atoms with van der Waals surface area (Å²) in [4.78, 5) is 154. The van der Waals surface area contributed by atoms with E-state index in [0.717, 1.165) is 20.8 Å². The minimum atomic E-state index is -1.66. The van der Waals surface area contributed by atoms with Crippen molar-refractivity contribution in [2.75, 3.05) is 59.5 Å². The smallest absolute Gasteiger partial charge is 0.339 e. The largest absolute Gasteiger partial charge is 0.461 e. The lowest BCUT2D eigenvalue weighted by Gasteiger charge is -2.31. The fourth-order valence-electron chi connectivity index (χ4n) is 6.50. The normalized spacial score (nSPS) is 12.3. The van der Waals surface area contributed by atoms with Crippen molar-refractivity contribution in [2.24, 2.45) is 5.41 Å². The molecule has 0 radical (unpaired) electrons. The lowest BCUT2D eigenvalue weighted by Crippen LogP contribution is -2.39. The Balaban J connectivity index is 1.95.